The Kier molecular flexibility index (Phi) is 2.89. The third kappa shape index (κ3) is 2.11. The standard InChI is InChI=1S/C12H18N2O/c1-3-10-7-11(14(2)13-10)8-12(15)9-5-4-6-9/h7,9H,3-6,8H2,1-2H3. The summed E-state index contributed by atoms with van der Waals surface area (Å²) < 4.78 is 1.84. The van der Waals surface area contributed by atoms with Crippen LogP contribution in [0.1, 0.15) is 37.6 Å². The molecular formula is C12H18N2O. The first-order valence-corrected chi connectivity index (χ1v) is 5.75. The van der Waals surface area contributed by atoms with Crippen molar-refractivity contribution in [2.45, 2.75) is 39.0 Å². The van der Waals surface area contributed by atoms with E-state index < -0.39 is 0 Å². The summed E-state index contributed by atoms with van der Waals surface area (Å²) in [7, 11) is 1.92. The molecule has 3 heteroatoms. The summed E-state index contributed by atoms with van der Waals surface area (Å²) in [6.07, 6.45) is 4.91. The number of nitrogens with zero attached hydrogens (tertiary/aromatic N) is 2. The van der Waals surface area contributed by atoms with E-state index in [9.17, 15) is 4.79 Å². The Morgan fingerprint density at radius 1 is 1.60 bits per heavy atom. The van der Waals surface area contributed by atoms with Crippen molar-refractivity contribution in [2.75, 3.05) is 0 Å². The molecule has 0 aliphatic heterocycles. The number of ketones is 1. The Bertz CT molecular complexity index is 364. The molecule has 0 amide bonds. The highest BCUT2D eigenvalue weighted by molar-refractivity contribution is 5.83. The van der Waals surface area contributed by atoms with Crippen LogP contribution in [0.3, 0.4) is 0 Å². The van der Waals surface area contributed by atoms with Crippen LogP contribution in [0.4, 0.5) is 0 Å². The van der Waals surface area contributed by atoms with Crippen molar-refractivity contribution in [3.63, 3.8) is 0 Å². The van der Waals surface area contributed by atoms with Gasteiger partial charge in [0.15, 0.2) is 0 Å². The van der Waals surface area contributed by atoms with E-state index in [0.29, 0.717) is 18.1 Å². The molecule has 0 N–H and O–H groups in total. The molecule has 2 rings (SSSR count). The van der Waals surface area contributed by atoms with Crippen molar-refractivity contribution in [3.05, 3.63) is 17.5 Å². The third-order valence-corrected chi connectivity index (χ3v) is 3.31. The van der Waals surface area contributed by atoms with Crippen LogP contribution >= 0.6 is 0 Å². The van der Waals surface area contributed by atoms with Crippen LogP contribution in [-0.4, -0.2) is 15.6 Å². The Labute approximate surface area is 90.5 Å². The molecule has 3 nitrogen and oxygen atoms in total. The second-order valence-electron chi connectivity index (χ2n) is 4.38. The van der Waals surface area contributed by atoms with E-state index in [4.69, 9.17) is 0 Å². The van der Waals surface area contributed by atoms with Gasteiger partial charge in [-0.15, -0.1) is 0 Å². The van der Waals surface area contributed by atoms with E-state index in [1.807, 2.05) is 11.7 Å². The average molecular weight is 206 g/mol. The molecule has 0 atom stereocenters. The molecule has 1 saturated carbocycles. The average Bonchev–Trinajstić information content (AvgIpc) is 2.44. The first-order valence-electron chi connectivity index (χ1n) is 5.75. The molecule has 82 valence electrons. The minimum atomic E-state index is 0.338. The summed E-state index contributed by atoms with van der Waals surface area (Å²) >= 11 is 0. The number of aromatic nitrogens is 2. The third-order valence-electron chi connectivity index (χ3n) is 3.31. The monoisotopic (exact) mass is 206 g/mol. The smallest absolute Gasteiger partial charge is 0.141 e. The number of Topliss-reactive ketones (excluding diaryl/α,β-unsaturated/α-hetero) is 1. The molecule has 1 aliphatic rings. The molecule has 15 heavy (non-hydrogen) atoms. The molecule has 0 radical (unpaired) electrons. The Morgan fingerprint density at radius 2 is 2.33 bits per heavy atom. The van der Waals surface area contributed by atoms with Crippen LogP contribution < -0.4 is 0 Å². The van der Waals surface area contributed by atoms with Gasteiger partial charge >= 0.3 is 0 Å². The molecule has 1 aromatic rings. The molecule has 0 spiro atoms. The molecule has 0 bridgehead atoms. The van der Waals surface area contributed by atoms with E-state index >= 15 is 0 Å². The zero-order valence-corrected chi connectivity index (χ0v) is 9.49. The number of hydrogen-bond donors (Lipinski definition) is 0. The van der Waals surface area contributed by atoms with Crippen molar-refractivity contribution in [2.24, 2.45) is 13.0 Å². The number of rotatable bonds is 4. The normalized spacial score (nSPS) is 16.4. The lowest BCUT2D eigenvalue weighted by molar-refractivity contribution is -0.124. The fourth-order valence-electron chi connectivity index (χ4n) is 1.96. The largest absolute Gasteiger partial charge is 0.299 e. The first kappa shape index (κ1) is 10.4. The molecule has 1 heterocycles. The number of carbonyl (C=O) groups is 1. The quantitative estimate of drug-likeness (QED) is 0.754. The second kappa shape index (κ2) is 4.17. The van der Waals surface area contributed by atoms with Gasteiger partial charge in [0.25, 0.3) is 0 Å². The van der Waals surface area contributed by atoms with Gasteiger partial charge in [-0.2, -0.15) is 5.10 Å². The van der Waals surface area contributed by atoms with Gasteiger partial charge in [-0.3, -0.25) is 9.48 Å². The lowest BCUT2D eigenvalue weighted by Crippen LogP contribution is -2.24. The van der Waals surface area contributed by atoms with E-state index in [1.165, 1.54) is 6.42 Å². The Balaban J connectivity index is 2.02. The minimum absolute atomic E-state index is 0.338. The molecule has 0 aromatic carbocycles. The van der Waals surface area contributed by atoms with Crippen LogP contribution in [-0.2, 0) is 24.7 Å². The molecule has 1 aliphatic carbocycles. The Morgan fingerprint density at radius 3 is 2.80 bits per heavy atom. The van der Waals surface area contributed by atoms with Gasteiger partial charge in [-0.05, 0) is 25.3 Å². The highest BCUT2D eigenvalue weighted by Crippen LogP contribution is 2.28. The summed E-state index contributed by atoms with van der Waals surface area (Å²) in [5.74, 6) is 0.733. The van der Waals surface area contributed by atoms with E-state index in [1.54, 1.807) is 0 Å². The molecular weight excluding hydrogens is 188 g/mol. The van der Waals surface area contributed by atoms with Crippen molar-refractivity contribution in [3.8, 4) is 0 Å². The van der Waals surface area contributed by atoms with Crippen LogP contribution in [0.5, 0.6) is 0 Å². The summed E-state index contributed by atoms with van der Waals surface area (Å²) in [5.41, 5.74) is 2.14. The van der Waals surface area contributed by atoms with Crippen molar-refractivity contribution in [1.29, 1.82) is 0 Å². The highest BCUT2D eigenvalue weighted by Gasteiger charge is 2.25. The fraction of sp³-hybridized carbons (Fsp3) is 0.667. The SMILES string of the molecule is CCc1cc(CC(=O)C2CCC2)n(C)n1. The topological polar surface area (TPSA) is 34.9 Å². The van der Waals surface area contributed by atoms with Gasteiger partial charge in [-0.1, -0.05) is 13.3 Å². The van der Waals surface area contributed by atoms with Crippen molar-refractivity contribution in [1.82, 2.24) is 9.78 Å². The number of hydrogen-bond acceptors (Lipinski definition) is 2. The van der Waals surface area contributed by atoms with Gasteiger partial charge < -0.3 is 0 Å². The molecule has 1 aromatic heterocycles. The minimum Gasteiger partial charge on any atom is -0.299 e. The molecule has 0 saturated heterocycles. The fourth-order valence-corrected chi connectivity index (χ4v) is 1.96. The predicted molar refractivity (Wildman–Crippen MR) is 58.6 cm³/mol. The predicted octanol–water partition coefficient (Wildman–Crippen LogP) is 1.89. The van der Waals surface area contributed by atoms with Gasteiger partial charge in [-0.25, -0.2) is 0 Å². The highest BCUT2D eigenvalue weighted by atomic mass is 16.1. The van der Waals surface area contributed by atoms with E-state index in [0.717, 1.165) is 30.7 Å². The molecule has 0 unspecified atom stereocenters. The van der Waals surface area contributed by atoms with Crippen LogP contribution in [0.15, 0.2) is 6.07 Å². The van der Waals surface area contributed by atoms with Gasteiger partial charge in [0.1, 0.15) is 5.78 Å². The zero-order valence-electron chi connectivity index (χ0n) is 9.49. The lowest BCUT2D eigenvalue weighted by Gasteiger charge is -2.23. The van der Waals surface area contributed by atoms with Gasteiger partial charge in [0.2, 0.25) is 0 Å². The number of aryl methyl sites for hydroxylation is 2. The van der Waals surface area contributed by atoms with Crippen molar-refractivity contribution >= 4 is 5.78 Å². The van der Waals surface area contributed by atoms with Crippen LogP contribution in [0.25, 0.3) is 0 Å². The van der Waals surface area contributed by atoms with E-state index in [-0.39, 0.29) is 0 Å². The zero-order chi connectivity index (χ0) is 10.8. The maximum absolute atomic E-state index is 11.8. The summed E-state index contributed by atoms with van der Waals surface area (Å²) in [5, 5.41) is 4.35. The molecule has 1 fully saturated rings. The first-order chi connectivity index (χ1) is 7.20. The summed E-state index contributed by atoms with van der Waals surface area (Å²) in [6.45, 7) is 2.08. The van der Waals surface area contributed by atoms with Gasteiger partial charge in [0, 0.05) is 25.1 Å². The lowest BCUT2D eigenvalue weighted by atomic mass is 9.81. The summed E-state index contributed by atoms with van der Waals surface area (Å²) in [6, 6.07) is 2.05. The van der Waals surface area contributed by atoms with Gasteiger partial charge in [0.05, 0.1) is 5.69 Å². The van der Waals surface area contributed by atoms with Crippen molar-refractivity contribution < 1.29 is 4.79 Å². The maximum atomic E-state index is 11.8. The second-order valence-corrected chi connectivity index (χ2v) is 4.38. The maximum Gasteiger partial charge on any atom is 0.141 e. The number of carbonyl (C=O) groups excluding carboxylic acids is 1. The summed E-state index contributed by atoms with van der Waals surface area (Å²) in [4.78, 5) is 11.8. The van der Waals surface area contributed by atoms with Crippen LogP contribution in [0.2, 0.25) is 0 Å². The van der Waals surface area contributed by atoms with E-state index in [2.05, 4.69) is 18.1 Å². The van der Waals surface area contributed by atoms with Crippen LogP contribution in [0, 0.1) is 5.92 Å². The Hall–Kier alpha value is -1.12.